The molecule has 0 aliphatic carbocycles. The highest BCUT2D eigenvalue weighted by atomic mass is 16.3. The quantitative estimate of drug-likeness (QED) is 0.190. The average Bonchev–Trinajstić information content (AvgIpc) is 3.74. The molecule has 2 heterocycles. The number of hydrogen-bond donors (Lipinski definition) is 0. The molecule has 0 aliphatic rings. The summed E-state index contributed by atoms with van der Waals surface area (Å²) in [4.78, 5) is 2.31. The van der Waals surface area contributed by atoms with E-state index in [-0.39, 0.29) is 0 Å². The van der Waals surface area contributed by atoms with Gasteiger partial charge in [0, 0.05) is 38.5 Å². The molecule has 3 heteroatoms. The summed E-state index contributed by atoms with van der Waals surface area (Å²) >= 11 is 0. The number of nitrogens with zero attached hydrogens (tertiary/aromatic N) is 1. The zero-order chi connectivity index (χ0) is 32.3. The minimum Gasteiger partial charge on any atom is -0.456 e. The van der Waals surface area contributed by atoms with Gasteiger partial charge in [0.2, 0.25) is 0 Å². The fourth-order valence-electron chi connectivity index (χ4n) is 7.37. The fraction of sp³-hybridized carbons (Fsp3) is 0. The number of furan rings is 2. The molecule has 10 rings (SSSR count). The molecule has 0 saturated carbocycles. The molecule has 0 unspecified atom stereocenters. The average molecular weight is 628 g/mol. The second kappa shape index (κ2) is 11.0. The molecule has 10 aromatic rings. The van der Waals surface area contributed by atoms with Gasteiger partial charge >= 0.3 is 0 Å². The second-order valence-electron chi connectivity index (χ2n) is 12.5. The Labute approximate surface area is 282 Å². The van der Waals surface area contributed by atoms with Crippen molar-refractivity contribution in [3.8, 4) is 22.3 Å². The Hall–Kier alpha value is -6.58. The minimum absolute atomic E-state index is 0.844. The van der Waals surface area contributed by atoms with Crippen LogP contribution in [0.2, 0.25) is 0 Å². The molecule has 0 bridgehead atoms. The summed E-state index contributed by atoms with van der Waals surface area (Å²) in [5.41, 5.74) is 11.1. The SMILES string of the molecule is c1ccc(-c2cccc3c2oc2c(N(c4ccc(-c5cccc6ccccc56)cc4)c4ccc5oc6ccccc6c5c4)cccc23)cc1. The Kier molecular flexibility index (Phi) is 6.18. The van der Waals surface area contributed by atoms with Crippen molar-refractivity contribution in [3.63, 3.8) is 0 Å². The largest absolute Gasteiger partial charge is 0.456 e. The lowest BCUT2D eigenvalue weighted by Gasteiger charge is -2.26. The lowest BCUT2D eigenvalue weighted by molar-refractivity contribution is 0.669. The Balaban J connectivity index is 1.20. The molecule has 0 fully saturated rings. The van der Waals surface area contributed by atoms with E-state index in [9.17, 15) is 0 Å². The first-order valence-corrected chi connectivity index (χ1v) is 16.6. The summed E-state index contributed by atoms with van der Waals surface area (Å²) in [7, 11) is 0. The van der Waals surface area contributed by atoms with Crippen LogP contribution in [0.25, 0.3) is 76.9 Å². The van der Waals surface area contributed by atoms with E-state index < -0.39 is 0 Å². The highest BCUT2D eigenvalue weighted by molar-refractivity contribution is 6.14. The first kappa shape index (κ1) is 27.5. The van der Waals surface area contributed by atoms with Gasteiger partial charge in [-0.05, 0) is 69.9 Å². The molecule has 0 saturated heterocycles. The van der Waals surface area contributed by atoms with Crippen molar-refractivity contribution in [2.45, 2.75) is 0 Å². The van der Waals surface area contributed by atoms with E-state index in [1.54, 1.807) is 0 Å². The summed E-state index contributed by atoms with van der Waals surface area (Å²) in [6, 6.07) is 61.9. The highest BCUT2D eigenvalue weighted by Crippen LogP contribution is 2.45. The van der Waals surface area contributed by atoms with Gasteiger partial charge in [-0.1, -0.05) is 133 Å². The maximum absolute atomic E-state index is 6.92. The molecule has 49 heavy (non-hydrogen) atoms. The first-order chi connectivity index (χ1) is 24.3. The van der Waals surface area contributed by atoms with E-state index in [0.717, 1.165) is 72.1 Å². The predicted octanol–water partition coefficient (Wildman–Crippen LogP) is 13.4. The number of benzene rings is 8. The number of rotatable bonds is 5. The third-order valence-electron chi connectivity index (χ3n) is 9.67. The maximum atomic E-state index is 6.92. The second-order valence-corrected chi connectivity index (χ2v) is 12.5. The van der Waals surface area contributed by atoms with Crippen LogP contribution in [0.4, 0.5) is 17.1 Å². The van der Waals surface area contributed by atoms with Crippen LogP contribution < -0.4 is 4.90 Å². The molecule has 0 amide bonds. The van der Waals surface area contributed by atoms with Crippen LogP contribution in [0.15, 0.2) is 185 Å². The van der Waals surface area contributed by atoms with Crippen molar-refractivity contribution in [3.05, 3.63) is 176 Å². The van der Waals surface area contributed by atoms with Gasteiger partial charge in [-0.2, -0.15) is 0 Å². The van der Waals surface area contributed by atoms with E-state index in [1.807, 2.05) is 18.2 Å². The summed E-state index contributed by atoms with van der Waals surface area (Å²) in [6.07, 6.45) is 0. The van der Waals surface area contributed by atoms with E-state index in [2.05, 4.69) is 163 Å². The van der Waals surface area contributed by atoms with Gasteiger partial charge in [0.15, 0.2) is 5.58 Å². The highest BCUT2D eigenvalue weighted by Gasteiger charge is 2.22. The van der Waals surface area contributed by atoms with Crippen LogP contribution in [-0.2, 0) is 0 Å². The molecule has 2 aromatic heterocycles. The van der Waals surface area contributed by atoms with Gasteiger partial charge in [-0.25, -0.2) is 0 Å². The topological polar surface area (TPSA) is 29.5 Å². The zero-order valence-corrected chi connectivity index (χ0v) is 26.5. The maximum Gasteiger partial charge on any atom is 0.159 e. The molecule has 0 radical (unpaired) electrons. The number of para-hydroxylation sites is 3. The molecule has 3 nitrogen and oxygen atoms in total. The standard InChI is InChI=1S/C46H29NO2/c1-2-11-31(12-3-1)37-18-9-19-39-40-20-10-21-42(46(40)49-45(37)39)47(34-27-28-44-41(29-34)38-16-6-7-22-43(38)48-44)33-25-23-32(24-26-33)36-17-8-14-30-13-4-5-15-35(30)36/h1-29H. The van der Waals surface area contributed by atoms with Crippen LogP contribution in [0.1, 0.15) is 0 Å². The van der Waals surface area contributed by atoms with Gasteiger partial charge in [0.1, 0.15) is 16.7 Å². The van der Waals surface area contributed by atoms with E-state index in [0.29, 0.717) is 0 Å². The summed E-state index contributed by atoms with van der Waals surface area (Å²) in [6.45, 7) is 0. The minimum atomic E-state index is 0.844. The Morgan fingerprint density at radius 1 is 0.347 bits per heavy atom. The smallest absolute Gasteiger partial charge is 0.159 e. The van der Waals surface area contributed by atoms with Crippen LogP contribution in [0.3, 0.4) is 0 Å². The summed E-state index contributed by atoms with van der Waals surface area (Å²) in [5, 5.41) is 6.83. The molecule has 230 valence electrons. The molecule has 0 spiro atoms. The lowest BCUT2D eigenvalue weighted by Crippen LogP contribution is -2.10. The van der Waals surface area contributed by atoms with E-state index in [4.69, 9.17) is 8.83 Å². The normalized spacial score (nSPS) is 11.7. The Morgan fingerprint density at radius 2 is 0.959 bits per heavy atom. The molecular weight excluding hydrogens is 599 g/mol. The van der Waals surface area contributed by atoms with Crippen molar-refractivity contribution in [1.82, 2.24) is 0 Å². The van der Waals surface area contributed by atoms with Crippen molar-refractivity contribution in [2.75, 3.05) is 4.90 Å². The van der Waals surface area contributed by atoms with Gasteiger partial charge in [-0.15, -0.1) is 0 Å². The summed E-state index contributed by atoms with van der Waals surface area (Å²) in [5.74, 6) is 0. The number of anilines is 3. The molecule has 8 aromatic carbocycles. The Bertz CT molecular complexity index is 2820. The monoisotopic (exact) mass is 627 g/mol. The van der Waals surface area contributed by atoms with Crippen LogP contribution in [0.5, 0.6) is 0 Å². The number of hydrogen-bond acceptors (Lipinski definition) is 3. The fourth-order valence-corrected chi connectivity index (χ4v) is 7.37. The first-order valence-electron chi connectivity index (χ1n) is 16.6. The van der Waals surface area contributed by atoms with Crippen LogP contribution >= 0.6 is 0 Å². The Morgan fingerprint density at radius 3 is 1.84 bits per heavy atom. The number of fused-ring (bicyclic) bond motifs is 7. The third-order valence-corrected chi connectivity index (χ3v) is 9.67. The van der Waals surface area contributed by atoms with Gasteiger partial charge in [0.25, 0.3) is 0 Å². The van der Waals surface area contributed by atoms with Gasteiger partial charge in [-0.3, -0.25) is 0 Å². The van der Waals surface area contributed by atoms with Crippen molar-refractivity contribution in [2.24, 2.45) is 0 Å². The molecule has 0 aliphatic heterocycles. The zero-order valence-electron chi connectivity index (χ0n) is 26.5. The van der Waals surface area contributed by atoms with Crippen molar-refractivity contribution >= 4 is 71.7 Å². The van der Waals surface area contributed by atoms with Crippen molar-refractivity contribution < 1.29 is 8.83 Å². The molecular formula is C46H29NO2. The third kappa shape index (κ3) is 4.44. The van der Waals surface area contributed by atoms with Crippen LogP contribution in [0, 0.1) is 0 Å². The summed E-state index contributed by atoms with van der Waals surface area (Å²) < 4.78 is 13.1. The van der Waals surface area contributed by atoms with Gasteiger partial charge < -0.3 is 13.7 Å². The van der Waals surface area contributed by atoms with Crippen LogP contribution in [-0.4, -0.2) is 0 Å². The van der Waals surface area contributed by atoms with Gasteiger partial charge in [0.05, 0.1) is 5.69 Å². The lowest BCUT2D eigenvalue weighted by atomic mass is 9.98. The van der Waals surface area contributed by atoms with E-state index >= 15 is 0 Å². The predicted molar refractivity (Wildman–Crippen MR) is 204 cm³/mol. The van der Waals surface area contributed by atoms with Crippen molar-refractivity contribution in [1.29, 1.82) is 0 Å². The van der Waals surface area contributed by atoms with E-state index in [1.165, 1.54) is 21.9 Å². The molecule has 0 N–H and O–H groups in total. The molecule has 0 atom stereocenters.